The summed E-state index contributed by atoms with van der Waals surface area (Å²) in [6.45, 7) is 10.9. The highest BCUT2D eigenvalue weighted by Crippen LogP contribution is 2.34. The largest absolute Gasteiger partial charge is 0.508 e. The molecular weight excluding hydrogens is 260 g/mol. The quantitative estimate of drug-likeness (QED) is 0.828. The van der Waals surface area contributed by atoms with Crippen molar-refractivity contribution in [2.45, 2.75) is 59.0 Å². The monoisotopic (exact) mass is 290 g/mol. The van der Waals surface area contributed by atoms with Crippen molar-refractivity contribution in [3.05, 3.63) is 23.8 Å². The number of hydrogen-bond acceptors (Lipinski definition) is 3. The molecule has 21 heavy (non-hydrogen) atoms. The van der Waals surface area contributed by atoms with Crippen LogP contribution in [0, 0.1) is 5.92 Å². The van der Waals surface area contributed by atoms with E-state index >= 15 is 0 Å². The van der Waals surface area contributed by atoms with Crippen LogP contribution in [-0.2, 0) is 0 Å². The minimum absolute atomic E-state index is 0.193. The molecule has 0 saturated carbocycles. The van der Waals surface area contributed by atoms with Gasteiger partial charge in [-0.1, -0.05) is 26.8 Å². The molecule has 2 unspecified atom stereocenters. The van der Waals surface area contributed by atoms with E-state index in [1.165, 1.54) is 12.8 Å². The van der Waals surface area contributed by atoms with Crippen molar-refractivity contribution in [3.63, 3.8) is 0 Å². The molecule has 0 bridgehead atoms. The Labute approximate surface area is 129 Å². The average molecular weight is 290 g/mol. The van der Waals surface area contributed by atoms with Crippen molar-refractivity contribution in [1.29, 1.82) is 0 Å². The molecule has 1 aliphatic rings. The van der Waals surface area contributed by atoms with Gasteiger partial charge in [0.25, 0.3) is 0 Å². The standard InChI is InChI=1S/C18H30N2O/c1-5-10-19-14(4)16-9-8-15(12-18(16)21)20-11-6-7-17(20)13(2)3/h8-9,12-14,17,19,21H,5-7,10-11H2,1-4H3. The van der Waals surface area contributed by atoms with Crippen molar-refractivity contribution in [1.82, 2.24) is 5.32 Å². The van der Waals surface area contributed by atoms with Crippen LogP contribution < -0.4 is 10.2 Å². The van der Waals surface area contributed by atoms with Gasteiger partial charge in [-0.3, -0.25) is 0 Å². The fourth-order valence-electron chi connectivity index (χ4n) is 3.35. The Hall–Kier alpha value is -1.22. The van der Waals surface area contributed by atoms with E-state index in [1.807, 2.05) is 6.07 Å². The molecule has 1 heterocycles. The Morgan fingerprint density at radius 1 is 1.33 bits per heavy atom. The lowest BCUT2D eigenvalue weighted by Crippen LogP contribution is -2.33. The van der Waals surface area contributed by atoms with Gasteiger partial charge in [-0.15, -0.1) is 0 Å². The predicted molar refractivity (Wildman–Crippen MR) is 90.0 cm³/mol. The number of nitrogens with one attached hydrogen (secondary N) is 1. The van der Waals surface area contributed by atoms with Gasteiger partial charge in [0.1, 0.15) is 5.75 Å². The van der Waals surface area contributed by atoms with Gasteiger partial charge in [-0.05, 0) is 44.7 Å². The highest BCUT2D eigenvalue weighted by molar-refractivity contribution is 5.55. The second-order valence-electron chi connectivity index (χ2n) is 6.57. The molecule has 2 N–H and O–H groups in total. The van der Waals surface area contributed by atoms with Gasteiger partial charge in [0, 0.05) is 35.9 Å². The maximum atomic E-state index is 10.4. The third kappa shape index (κ3) is 3.70. The summed E-state index contributed by atoms with van der Waals surface area (Å²) in [6.07, 6.45) is 3.61. The van der Waals surface area contributed by atoms with E-state index in [1.54, 1.807) is 0 Å². The van der Waals surface area contributed by atoms with Crippen LogP contribution in [0.3, 0.4) is 0 Å². The predicted octanol–water partition coefficient (Wildman–Crippen LogP) is 4.08. The van der Waals surface area contributed by atoms with E-state index in [0.29, 0.717) is 17.7 Å². The number of hydrogen-bond donors (Lipinski definition) is 2. The number of rotatable bonds is 6. The highest BCUT2D eigenvalue weighted by Gasteiger charge is 2.27. The van der Waals surface area contributed by atoms with Crippen LogP contribution in [0.5, 0.6) is 5.75 Å². The van der Waals surface area contributed by atoms with Crippen LogP contribution in [0.2, 0.25) is 0 Å². The molecule has 2 atom stereocenters. The number of anilines is 1. The van der Waals surface area contributed by atoms with Gasteiger partial charge in [-0.2, -0.15) is 0 Å². The Bertz CT molecular complexity index is 459. The zero-order valence-corrected chi connectivity index (χ0v) is 13.9. The van der Waals surface area contributed by atoms with Crippen LogP contribution in [-0.4, -0.2) is 24.2 Å². The molecule has 3 nitrogen and oxygen atoms in total. The Balaban J connectivity index is 2.15. The zero-order valence-electron chi connectivity index (χ0n) is 13.9. The van der Waals surface area contributed by atoms with Gasteiger partial charge in [0.2, 0.25) is 0 Å². The van der Waals surface area contributed by atoms with E-state index < -0.39 is 0 Å². The van der Waals surface area contributed by atoms with Crippen LogP contribution in [0.4, 0.5) is 5.69 Å². The van der Waals surface area contributed by atoms with Crippen LogP contribution in [0.1, 0.15) is 58.6 Å². The molecule has 0 aliphatic carbocycles. The number of phenolic OH excluding ortho intramolecular Hbond substituents is 1. The minimum atomic E-state index is 0.193. The Morgan fingerprint density at radius 2 is 2.10 bits per heavy atom. The molecule has 0 radical (unpaired) electrons. The molecule has 1 aliphatic heterocycles. The van der Waals surface area contributed by atoms with E-state index in [9.17, 15) is 5.11 Å². The first-order chi connectivity index (χ1) is 10.0. The van der Waals surface area contributed by atoms with E-state index in [-0.39, 0.29) is 6.04 Å². The van der Waals surface area contributed by atoms with Crippen molar-refractivity contribution < 1.29 is 5.11 Å². The molecule has 1 fully saturated rings. The number of nitrogens with zero attached hydrogens (tertiary/aromatic N) is 1. The lowest BCUT2D eigenvalue weighted by Gasteiger charge is -2.30. The van der Waals surface area contributed by atoms with Gasteiger partial charge in [0.05, 0.1) is 0 Å². The summed E-state index contributed by atoms with van der Waals surface area (Å²) in [4.78, 5) is 2.46. The highest BCUT2D eigenvalue weighted by atomic mass is 16.3. The van der Waals surface area contributed by atoms with Crippen molar-refractivity contribution >= 4 is 5.69 Å². The summed E-state index contributed by atoms with van der Waals surface area (Å²) >= 11 is 0. The first-order valence-electron chi connectivity index (χ1n) is 8.37. The van der Waals surface area contributed by atoms with Crippen molar-refractivity contribution in [3.8, 4) is 5.75 Å². The normalized spacial score (nSPS) is 20.2. The maximum Gasteiger partial charge on any atom is 0.122 e. The zero-order chi connectivity index (χ0) is 15.4. The number of aromatic hydroxyl groups is 1. The van der Waals surface area contributed by atoms with E-state index in [2.05, 4.69) is 50.0 Å². The van der Waals surface area contributed by atoms with Crippen molar-refractivity contribution in [2.24, 2.45) is 5.92 Å². The van der Waals surface area contributed by atoms with Gasteiger partial charge in [0.15, 0.2) is 0 Å². The second kappa shape index (κ2) is 7.17. The average Bonchev–Trinajstić information content (AvgIpc) is 2.94. The Morgan fingerprint density at radius 3 is 2.71 bits per heavy atom. The molecule has 2 rings (SSSR count). The molecule has 0 amide bonds. The second-order valence-corrected chi connectivity index (χ2v) is 6.57. The lowest BCUT2D eigenvalue weighted by atomic mass is 10.0. The molecule has 118 valence electrons. The van der Waals surface area contributed by atoms with Crippen LogP contribution in [0.25, 0.3) is 0 Å². The first-order valence-corrected chi connectivity index (χ1v) is 8.37. The van der Waals surface area contributed by atoms with E-state index in [0.717, 1.165) is 30.8 Å². The maximum absolute atomic E-state index is 10.4. The third-order valence-electron chi connectivity index (χ3n) is 4.58. The molecule has 1 aromatic carbocycles. The number of phenols is 1. The smallest absolute Gasteiger partial charge is 0.122 e. The van der Waals surface area contributed by atoms with Crippen molar-refractivity contribution in [2.75, 3.05) is 18.0 Å². The summed E-state index contributed by atoms with van der Waals surface area (Å²) in [5, 5.41) is 13.8. The summed E-state index contributed by atoms with van der Waals surface area (Å²) in [5.74, 6) is 1.07. The minimum Gasteiger partial charge on any atom is -0.508 e. The van der Waals surface area contributed by atoms with Crippen LogP contribution in [0.15, 0.2) is 18.2 Å². The van der Waals surface area contributed by atoms with E-state index in [4.69, 9.17) is 0 Å². The summed E-state index contributed by atoms with van der Waals surface area (Å²) < 4.78 is 0. The fraction of sp³-hybridized carbons (Fsp3) is 0.667. The van der Waals surface area contributed by atoms with Gasteiger partial charge >= 0.3 is 0 Å². The molecule has 1 aromatic rings. The van der Waals surface area contributed by atoms with Gasteiger partial charge in [-0.25, -0.2) is 0 Å². The molecule has 0 spiro atoms. The first kappa shape index (κ1) is 16.2. The number of benzene rings is 1. The van der Waals surface area contributed by atoms with Crippen LogP contribution >= 0.6 is 0 Å². The lowest BCUT2D eigenvalue weighted by molar-refractivity contribution is 0.451. The SMILES string of the molecule is CCCNC(C)c1ccc(N2CCCC2C(C)C)cc1O. The summed E-state index contributed by atoms with van der Waals surface area (Å²) in [5.41, 5.74) is 2.16. The third-order valence-corrected chi connectivity index (χ3v) is 4.58. The topological polar surface area (TPSA) is 35.5 Å². The fourth-order valence-corrected chi connectivity index (χ4v) is 3.35. The molecule has 0 aromatic heterocycles. The summed E-state index contributed by atoms with van der Waals surface area (Å²) in [6, 6.07) is 6.98. The van der Waals surface area contributed by atoms with Gasteiger partial charge < -0.3 is 15.3 Å². The summed E-state index contributed by atoms with van der Waals surface area (Å²) in [7, 11) is 0. The Kier molecular flexibility index (Phi) is 5.51. The molecular formula is C18H30N2O. The molecule has 1 saturated heterocycles. The molecule has 3 heteroatoms.